The normalized spacial score (nSPS) is 11.3. The van der Waals surface area contributed by atoms with Crippen LogP contribution in [0.5, 0.6) is 11.5 Å². The summed E-state index contributed by atoms with van der Waals surface area (Å²) in [5.74, 6) is 1.12. The van der Waals surface area contributed by atoms with Crippen molar-refractivity contribution in [2.75, 3.05) is 27.4 Å². The number of rotatable bonds is 7. The standard InChI is InChI=1S/C15H20O5/c1-5-11(10-20-15(16)19-6-2)12-7-8-13(17-3)14(9-12)18-4/h5,7-9,11H,1,6,10H2,2-4H3/t11-/m0/s1. The minimum Gasteiger partial charge on any atom is -0.493 e. The van der Waals surface area contributed by atoms with Crippen molar-refractivity contribution < 1.29 is 23.7 Å². The van der Waals surface area contributed by atoms with Gasteiger partial charge in [-0.15, -0.1) is 6.58 Å². The van der Waals surface area contributed by atoms with Crippen molar-refractivity contribution in [2.45, 2.75) is 12.8 Å². The van der Waals surface area contributed by atoms with Crippen LogP contribution in [0.1, 0.15) is 18.4 Å². The van der Waals surface area contributed by atoms with E-state index >= 15 is 0 Å². The molecule has 0 saturated heterocycles. The third-order valence-corrected chi connectivity index (χ3v) is 2.76. The summed E-state index contributed by atoms with van der Waals surface area (Å²) in [7, 11) is 3.14. The van der Waals surface area contributed by atoms with Crippen LogP contribution in [-0.2, 0) is 9.47 Å². The zero-order valence-corrected chi connectivity index (χ0v) is 12.0. The van der Waals surface area contributed by atoms with Crippen LogP contribution in [0.25, 0.3) is 0 Å². The van der Waals surface area contributed by atoms with Gasteiger partial charge in [0.15, 0.2) is 11.5 Å². The van der Waals surface area contributed by atoms with E-state index in [2.05, 4.69) is 6.58 Å². The predicted octanol–water partition coefficient (Wildman–Crippen LogP) is 3.15. The molecule has 0 aliphatic rings. The highest BCUT2D eigenvalue weighted by atomic mass is 16.7. The molecule has 0 radical (unpaired) electrons. The van der Waals surface area contributed by atoms with E-state index < -0.39 is 6.16 Å². The van der Waals surface area contributed by atoms with Crippen LogP contribution in [0.15, 0.2) is 30.9 Å². The van der Waals surface area contributed by atoms with Gasteiger partial charge >= 0.3 is 6.16 Å². The second-order valence-electron chi connectivity index (χ2n) is 3.95. The molecule has 0 heterocycles. The first-order chi connectivity index (χ1) is 9.65. The zero-order valence-electron chi connectivity index (χ0n) is 12.0. The first-order valence-electron chi connectivity index (χ1n) is 6.30. The Morgan fingerprint density at radius 2 is 1.95 bits per heavy atom. The molecule has 0 bridgehead atoms. The number of carbonyl (C=O) groups is 1. The molecule has 0 aliphatic carbocycles. The maximum Gasteiger partial charge on any atom is 0.508 e. The van der Waals surface area contributed by atoms with Crippen LogP contribution < -0.4 is 9.47 Å². The highest BCUT2D eigenvalue weighted by Crippen LogP contribution is 2.31. The molecule has 1 rings (SSSR count). The van der Waals surface area contributed by atoms with Gasteiger partial charge in [0.25, 0.3) is 0 Å². The second-order valence-corrected chi connectivity index (χ2v) is 3.95. The summed E-state index contributed by atoms with van der Waals surface area (Å²) in [6, 6.07) is 5.51. The van der Waals surface area contributed by atoms with E-state index in [0.29, 0.717) is 11.5 Å². The number of hydrogen-bond donors (Lipinski definition) is 0. The maximum absolute atomic E-state index is 11.2. The van der Waals surface area contributed by atoms with Crippen LogP contribution >= 0.6 is 0 Å². The van der Waals surface area contributed by atoms with Gasteiger partial charge < -0.3 is 18.9 Å². The highest BCUT2D eigenvalue weighted by molar-refractivity contribution is 5.59. The molecular formula is C15H20O5. The molecule has 0 aromatic heterocycles. The van der Waals surface area contributed by atoms with Gasteiger partial charge in [0.1, 0.15) is 6.61 Å². The zero-order chi connectivity index (χ0) is 15.0. The van der Waals surface area contributed by atoms with Gasteiger partial charge in [-0.3, -0.25) is 0 Å². The summed E-state index contributed by atoms with van der Waals surface area (Å²) in [6.45, 7) is 5.93. The average Bonchev–Trinajstić information content (AvgIpc) is 2.47. The van der Waals surface area contributed by atoms with E-state index in [0.717, 1.165) is 5.56 Å². The monoisotopic (exact) mass is 280 g/mol. The summed E-state index contributed by atoms with van der Waals surface area (Å²) < 4.78 is 20.2. The smallest absolute Gasteiger partial charge is 0.493 e. The third-order valence-electron chi connectivity index (χ3n) is 2.76. The lowest BCUT2D eigenvalue weighted by atomic mass is 10.00. The molecular weight excluding hydrogens is 260 g/mol. The summed E-state index contributed by atoms with van der Waals surface area (Å²) >= 11 is 0. The van der Waals surface area contributed by atoms with Gasteiger partial charge in [0, 0.05) is 5.92 Å². The number of hydrogen-bond acceptors (Lipinski definition) is 5. The molecule has 0 unspecified atom stereocenters. The van der Waals surface area contributed by atoms with Crippen LogP contribution in [0, 0.1) is 0 Å². The Kier molecular flexibility index (Phi) is 6.43. The maximum atomic E-state index is 11.2. The molecule has 1 aromatic carbocycles. The Morgan fingerprint density at radius 3 is 2.50 bits per heavy atom. The third kappa shape index (κ3) is 4.19. The van der Waals surface area contributed by atoms with Crippen molar-refractivity contribution in [3.05, 3.63) is 36.4 Å². The average molecular weight is 280 g/mol. The van der Waals surface area contributed by atoms with E-state index in [1.165, 1.54) is 0 Å². The molecule has 5 heteroatoms. The van der Waals surface area contributed by atoms with E-state index in [1.807, 2.05) is 12.1 Å². The van der Waals surface area contributed by atoms with Crippen molar-refractivity contribution in [1.29, 1.82) is 0 Å². The lowest BCUT2D eigenvalue weighted by molar-refractivity contribution is 0.0573. The quantitative estimate of drug-likeness (QED) is 0.567. The van der Waals surface area contributed by atoms with Crippen LogP contribution in [0.4, 0.5) is 4.79 Å². The molecule has 0 N–H and O–H groups in total. The van der Waals surface area contributed by atoms with Crippen LogP contribution in [-0.4, -0.2) is 33.6 Å². The van der Waals surface area contributed by atoms with Crippen LogP contribution in [0.2, 0.25) is 0 Å². The van der Waals surface area contributed by atoms with Gasteiger partial charge in [0.2, 0.25) is 0 Å². The molecule has 0 amide bonds. The van der Waals surface area contributed by atoms with Crippen LogP contribution in [0.3, 0.4) is 0 Å². The molecule has 20 heavy (non-hydrogen) atoms. The SMILES string of the molecule is C=C[C@@H](COC(=O)OCC)c1ccc(OC)c(OC)c1. The van der Waals surface area contributed by atoms with Gasteiger partial charge in [-0.2, -0.15) is 0 Å². The summed E-state index contributed by atoms with van der Waals surface area (Å²) in [4.78, 5) is 11.2. The molecule has 0 saturated carbocycles. The number of benzene rings is 1. The first-order valence-corrected chi connectivity index (χ1v) is 6.30. The minimum atomic E-state index is -0.681. The molecule has 1 aromatic rings. The lowest BCUT2D eigenvalue weighted by Crippen LogP contribution is -2.13. The van der Waals surface area contributed by atoms with E-state index in [9.17, 15) is 4.79 Å². The summed E-state index contributed by atoms with van der Waals surface area (Å²) in [5, 5.41) is 0. The van der Waals surface area contributed by atoms with Gasteiger partial charge in [0.05, 0.1) is 20.8 Å². The van der Waals surface area contributed by atoms with Gasteiger partial charge in [-0.25, -0.2) is 4.79 Å². The Morgan fingerprint density at radius 1 is 1.25 bits per heavy atom. The van der Waals surface area contributed by atoms with Gasteiger partial charge in [-0.1, -0.05) is 12.1 Å². The van der Waals surface area contributed by atoms with Crippen molar-refractivity contribution in [1.82, 2.24) is 0 Å². The molecule has 5 nitrogen and oxygen atoms in total. The molecule has 1 atom stereocenters. The number of ether oxygens (including phenoxy) is 4. The van der Waals surface area contributed by atoms with Crippen molar-refractivity contribution >= 4 is 6.16 Å². The predicted molar refractivity (Wildman–Crippen MR) is 75.5 cm³/mol. The summed E-state index contributed by atoms with van der Waals surface area (Å²) in [5.41, 5.74) is 0.918. The molecule has 0 fully saturated rings. The Bertz CT molecular complexity index is 456. The number of methoxy groups -OCH3 is 2. The Hall–Kier alpha value is -2.17. The fraction of sp³-hybridized carbons (Fsp3) is 0.400. The Labute approximate surface area is 119 Å². The molecule has 0 spiro atoms. The Balaban J connectivity index is 2.79. The second kappa shape index (κ2) is 8.09. The minimum absolute atomic E-state index is 0.140. The fourth-order valence-corrected chi connectivity index (χ4v) is 1.70. The summed E-state index contributed by atoms with van der Waals surface area (Å²) in [6.07, 6.45) is 1.03. The molecule has 110 valence electrons. The first kappa shape index (κ1) is 15.9. The lowest BCUT2D eigenvalue weighted by Gasteiger charge is -2.15. The van der Waals surface area contributed by atoms with Crippen molar-refractivity contribution in [3.8, 4) is 11.5 Å². The van der Waals surface area contributed by atoms with E-state index in [4.69, 9.17) is 18.9 Å². The van der Waals surface area contributed by atoms with E-state index in [-0.39, 0.29) is 19.1 Å². The fourth-order valence-electron chi connectivity index (χ4n) is 1.70. The van der Waals surface area contributed by atoms with Crippen molar-refractivity contribution in [3.63, 3.8) is 0 Å². The number of carbonyl (C=O) groups excluding carboxylic acids is 1. The highest BCUT2D eigenvalue weighted by Gasteiger charge is 2.14. The topological polar surface area (TPSA) is 54.0 Å². The molecule has 0 aliphatic heterocycles. The largest absolute Gasteiger partial charge is 0.508 e. The van der Waals surface area contributed by atoms with E-state index in [1.54, 1.807) is 33.3 Å². The van der Waals surface area contributed by atoms with Crippen molar-refractivity contribution in [2.24, 2.45) is 0 Å². The van der Waals surface area contributed by atoms with Gasteiger partial charge in [-0.05, 0) is 24.6 Å².